The molecule has 3 aromatic rings. The van der Waals surface area contributed by atoms with Gasteiger partial charge in [0.25, 0.3) is 0 Å². The molecule has 5 nitrogen and oxygen atoms in total. The van der Waals surface area contributed by atoms with Gasteiger partial charge in [-0.1, -0.05) is 12.1 Å². The molecular weight excluding hydrogens is 367 g/mol. The molecule has 1 saturated heterocycles. The third-order valence-electron chi connectivity index (χ3n) is 5.66. The fourth-order valence-electron chi connectivity index (χ4n) is 3.97. The summed E-state index contributed by atoms with van der Waals surface area (Å²) in [5.74, 6) is 1.13. The summed E-state index contributed by atoms with van der Waals surface area (Å²) in [7, 11) is 2.00. The van der Waals surface area contributed by atoms with Crippen molar-refractivity contribution in [2.75, 3.05) is 19.6 Å². The van der Waals surface area contributed by atoms with Crippen molar-refractivity contribution in [3.05, 3.63) is 48.2 Å². The number of hydrogen-bond donors (Lipinski definition) is 0. The summed E-state index contributed by atoms with van der Waals surface area (Å²) in [6.45, 7) is 6.79. The number of imidazole rings is 1. The first-order chi connectivity index (χ1) is 13.7. The molecule has 2 aromatic heterocycles. The fraction of sp³-hybridized carbons (Fsp3) is 0.435. The predicted octanol–water partition coefficient (Wildman–Crippen LogP) is 3.74. The Morgan fingerprint density at radius 3 is 2.59 bits per heavy atom. The van der Waals surface area contributed by atoms with E-state index in [0.29, 0.717) is 26.1 Å². The maximum absolute atomic E-state index is 13.7. The first kappa shape index (κ1) is 19.7. The van der Waals surface area contributed by atoms with Gasteiger partial charge in [0, 0.05) is 61.9 Å². The lowest BCUT2D eigenvalue weighted by atomic mass is 9.91. The molecule has 1 aliphatic heterocycles. The van der Waals surface area contributed by atoms with Gasteiger partial charge in [-0.15, -0.1) is 0 Å². The molecule has 0 unspecified atom stereocenters. The number of carbonyl (C=O) groups excluding carboxylic acids is 1. The van der Waals surface area contributed by atoms with Crippen LogP contribution in [0.3, 0.4) is 0 Å². The van der Waals surface area contributed by atoms with Crippen LogP contribution in [0.2, 0.25) is 0 Å². The number of aromatic nitrogens is 3. The molecule has 0 atom stereocenters. The van der Waals surface area contributed by atoms with Crippen LogP contribution in [0.15, 0.2) is 36.7 Å². The van der Waals surface area contributed by atoms with Crippen molar-refractivity contribution in [2.24, 2.45) is 13.0 Å². The number of nitrogens with zero attached hydrogens (tertiary/aromatic N) is 4. The molecule has 0 amide bonds. The summed E-state index contributed by atoms with van der Waals surface area (Å²) >= 11 is 0. The average molecular weight is 394 g/mol. The lowest BCUT2D eigenvalue weighted by molar-refractivity contribution is -0.128. The number of hydrogen-bond acceptors (Lipinski definition) is 4. The van der Waals surface area contributed by atoms with Gasteiger partial charge in [0.05, 0.1) is 11.9 Å². The molecule has 0 saturated carbocycles. The molecule has 0 aliphatic carbocycles. The van der Waals surface area contributed by atoms with Crippen LogP contribution in [0.5, 0.6) is 0 Å². The molecular formula is C23H27FN4O. The monoisotopic (exact) mass is 394 g/mol. The van der Waals surface area contributed by atoms with Crippen molar-refractivity contribution in [2.45, 2.75) is 32.9 Å². The Kier molecular flexibility index (Phi) is 4.99. The second kappa shape index (κ2) is 7.34. The van der Waals surface area contributed by atoms with Crippen LogP contribution >= 0.6 is 0 Å². The smallest absolute Gasteiger partial charge is 0.144 e. The summed E-state index contributed by atoms with van der Waals surface area (Å²) in [4.78, 5) is 23.5. The van der Waals surface area contributed by atoms with Crippen molar-refractivity contribution < 1.29 is 9.18 Å². The second-order valence-corrected chi connectivity index (χ2v) is 8.74. The van der Waals surface area contributed by atoms with E-state index in [1.807, 2.05) is 43.4 Å². The maximum atomic E-state index is 13.7. The zero-order valence-corrected chi connectivity index (χ0v) is 17.4. The summed E-state index contributed by atoms with van der Waals surface area (Å²) in [6.07, 6.45) is 4.03. The predicted molar refractivity (Wildman–Crippen MR) is 113 cm³/mol. The SMILES string of the molecule is Cc1ncc(-c2ccc3cnc(CC(=O)C4CN(CC(C)(C)F)C4)cc3c2)n1C. The molecule has 152 valence electrons. The highest BCUT2D eigenvalue weighted by Crippen LogP contribution is 2.26. The van der Waals surface area contributed by atoms with Crippen LogP contribution in [0.4, 0.5) is 4.39 Å². The van der Waals surface area contributed by atoms with Crippen LogP contribution in [-0.4, -0.2) is 50.5 Å². The molecule has 0 bridgehead atoms. The van der Waals surface area contributed by atoms with Crippen molar-refractivity contribution in [3.8, 4) is 11.3 Å². The van der Waals surface area contributed by atoms with Crippen molar-refractivity contribution >= 4 is 16.6 Å². The molecule has 6 heteroatoms. The number of pyridine rings is 1. The van der Waals surface area contributed by atoms with E-state index < -0.39 is 5.67 Å². The Bertz CT molecular complexity index is 1060. The van der Waals surface area contributed by atoms with E-state index in [2.05, 4.69) is 26.7 Å². The Balaban J connectivity index is 1.47. The number of carbonyl (C=O) groups is 1. The van der Waals surface area contributed by atoms with Crippen molar-refractivity contribution in [3.63, 3.8) is 0 Å². The van der Waals surface area contributed by atoms with E-state index in [-0.39, 0.29) is 11.7 Å². The van der Waals surface area contributed by atoms with Crippen LogP contribution in [-0.2, 0) is 18.3 Å². The Morgan fingerprint density at radius 2 is 1.93 bits per heavy atom. The zero-order chi connectivity index (χ0) is 20.8. The first-order valence-electron chi connectivity index (χ1n) is 10.0. The topological polar surface area (TPSA) is 51.0 Å². The number of benzene rings is 1. The van der Waals surface area contributed by atoms with Gasteiger partial charge in [0.2, 0.25) is 0 Å². The maximum Gasteiger partial charge on any atom is 0.144 e. The first-order valence-corrected chi connectivity index (χ1v) is 10.0. The van der Waals surface area contributed by atoms with Crippen molar-refractivity contribution in [1.82, 2.24) is 19.4 Å². The number of alkyl halides is 1. The van der Waals surface area contributed by atoms with Gasteiger partial charge in [-0.2, -0.15) is 0 Å². The van der Waals surface area contributed by atoms with Crippen LogP contribution < -0.4 is 0 Å². The number of rotatable bonds is 6. The van der Waals surface area contributed by atoms with Gasteiger partial charge >= 0.3 is 0 Å². The Morgan fingerprint density at radius 1 is 1.17 bits per heavy atom. The molecule has 0 radical (unpaired) electrons. The Labute approximate surface area is 170 Å². The lowest BCUT2D eigenvalue weighted by Crippen LogP contribution is -2.54. The van der Waals surface area contributed by atoms with E-state index in [1.54, 1.807) is 13.8 Å². The van der Waals surface area contributed by atoms with E-state index in [1.165, 1.54) is 0 Å². The van der Waals surface area contributed by atoms with Crippen LogP contribution in [0, 0.1) is 12.8 Å². The molecule has 1 aliphatic rings. The van der Waals surface area contributed by atoms with Gasteiger partial charge in [0.15, 0.2) is 0 Å². The number of aryl methyl sites for hydroxylation is 1. The lowest BCUT2D eigenvalue weighted by Gasteiger charge is -2.40. The standard InChI is InChI=1S/C23H27FN4O/c1-15-25-11-21(27(15)4)16-5-6-17-10-26-20(8-18(17)7-16)9-22(29)19-12-28(13-19)14-23(2,3)24/h5-8,10-11,19H,9,12-14H2,1-4H3. The van der Waals surface area contributed by atoms with E-state index >= 15 is 0 Å². The minimum Gasteiger partial charge on any atom is -0.331 e. The summed E-state index contributed by atoms with van der Waals surface area (Å²) in [6, 6.07) is 8.24. The van der Waals surface area contributed by atoms with Gasteiger partial charge in [-0.05, 0) is 38.3 Å². The zero-order valence-electron chi connectivity index (χ0n) is 17.4. The number of ketones is 1. The highest BCUT2D eigenvalue weighted by Gasteiger charge is 2.35. The molecule has 1 fully saturated rings. The largest absolute Gasteiger partial charge is 0.331 e. The van der Waals surface area contributed by atoms with Gasteiger partial charge in [-0.3, -0.25) is 14.7 Å². The van der Waals surface area contributed by atoms with Crippen LogP contribution in [0.25, 0.3) is 22.0 Å². The molecule has 0 spiro atoms. The fourth-order valence-corrected chi connectivity index (χ4v) is 3.97. The minimum atomic E-state index is -1.22. The summed E-state index contributed by atoms with van der Waals surface area (Å²) in [5.41, 5.74) is 1.71. The van der Waals surface area contributed by atoms with Gasteiger partial charge in [-0.25, -0.2) is 9.37 Å². The number of halogens is 1. The normalized spacial score (nSPS) is 15.6. The number of likely N-dealkylation sites (tertiary alicyclic amines) is 1. The summed E-state index contributed by atoms with van der Waals surface area (Å²) < 4.78 is 15.8. The van der Waals surface area contributed by atoms with Crippen molar-refractivity contribution in [1.29, 1.82) is 0 Å². The van der Waals surface area contributed by atoms with E-state index in [0.717, 1.165) is 33.5 Å². The Hall–Kier alpha value is -2.60. The van der Waals surface area contributed by atoms with Gasteiger partial charge in [0.1, 0.15) is 17.3 Å². The highest BCUT2D eigenvalue weighted by atomic mass is 19.1. The van der Waals surface area contributed by atoms with E-state index in [9.17, 15) is 9.18 Å². The number of fused-ring (bicyclic) bond motifs is 1. The number of Topliss-reactive ketones (excluding diaryl/α,β-unsaturated/α-hetero) is 1. The molecule has 0 N–H and O–H groups in total. The van der Waals surface area contributed by atoms with Crippen LogP contribution in [0.1, 0.15) is 25.4 Å². The summed E-state index contributed by atoms with van der Waals surface area (Å²) in [5, 5.41) is 2.11. The average Bonchev–Trinajstić information content (AvgIpc) is 2.95. The molecule has 4 rings (SSSR count). The molecule has 29 heavy (non-hydrogen) atoms. The third kappa shape index (κ3) is 4.22. The quantitative estimate of drug-likeness (QED) is 0.639. The molecule has 3 heterocycles. The van der Waals surface area contributed by atoms with Gasteiger partial charge < -0.3 is 4.57 Å². The highest BCUT2D eigenvalue weighted by molar-refractivity contribution is 5.88. The second-order valence-electron chi connectivity index (χ2n) is 8.74. The minimum absolute atomic E-state index is 0.0152. The third-order valence-corrected chi connectivity index (χ3v) is 5.66. The van der Waals surface area contributed by atoms with E-state index in [4.69, 9.17) is 0 Å². The molecule has 1 aromatic carbocycles.